The smallest absolute Gasteiger partial charge is 0.254 e. The first-order valence-corrected chi connectivity index (χ1v) is 5.59. The zero-order chi connectivity index (χ0) is 11.5. The highest BCUT2D eigenvalue weighted by atomic mass is 35.5. The van der Waals surface area contributed by atoms with E-state index >= 15 is 0 Å². The van der Waals surface area contributed by atoms with Crippen LogP contribution in [0.25, 0.3) is 11.6 Å². The number of nitrogen functional groups attached to an aromatic ring is 1. The Balaban J connectivity index is 2.42. The lowest BCUT2D eigenvalue weighted by Crippen LogP contribution is -1.94. The van der Waals surface area contributed by atoms with Gasteiger partial charge in [0.2, 0.25) is 0 Å². The van der Waals surface area contributed by atoms with Crippen molar-refractivity contribution in [2.45, 2.75) is 0 Å². The molecular weight excluding hydrogens is 248 g/mol. The van der Waals surface area contributed by atoms with Crippen molar-refractivity contribution in [3.8, 4) is 0 Å². The Hall–Kier alpha value is -1.59. The highest BCUT2D eigenvalue weighted by Crippen LogP contribution is 2.23. The molecule has 6 heteroatoms. The van der Waals surface area contributed by atoms with Crippen LogP contribution in [-0.2, 0) is 4.79 Å². The lowest BCUT2D eigenvalue weighted by molar-refractivity contribution is -0.106. The summed E-state index contributed by atoms with van der Waals surface area (Å²) < 4.78 is 5.10. The lowest BCUT2D eigenvalue weighted by Gasteiger charge is -1.95. The van der Waals surface area contributed by atoms with Crippen LogP contribution >= 0.6 is 22.9 Å². The van der Waals surface area contributed by atoms with Gasteiger partial charge in [0.05, 0.1) is 17.5 Å². The maximum Gasteiger partial charge on any atom is 0.254 e. The number of nitrogens with two attached hydrogens (primary N) is 1. The summed E-state index contributed by atoms with van der Waals surface area (Å²) >= 11 is 6.73. The van der Waals surface area contributed by atoms with Crippen LogP contribution in [0.15, 0.2) is 28.2 Å². The molecule has 0 spiro atoms. The second kappa shape index (κ2) is 4.51. The van der Waals surface area contributed by atoms with Gasteiger partial charge in [-0.25, -0.2) is 4.98 Å². The monoisotopic (exact) mass is 254 g/mol. The van der Waals surface area contributed by atoms with E-state index in [0.29, 0.717) is 16.6 Å². The van der Waals surface area contributed by atoms with E-state index < -0.39 is 5.24 Å². The van der Waals surface area contributed by atoms with E-state index in [4.69, 9.17) is 21.8 Å². The van der Waals surface area contributed by atoms with E-state index in [2.05, 4.69) is 4.98 Å². The molecule has 0 aliphatic carbocycles. The van der Waals surface area contributed by atoms with Gasteiger partial charge in [-0.1, -0.05) is 0 Å². The quantitative estimate of drug-likeness (QED) is 0.675. The van der Waals surface area contributed by atoms with Crippen LogP contribution in [0.4, 0.5) is 5.13 Å². The topological polar surface area (TPSA) is 69.1 Å². The van der Waals surface area contributed by atoms with Gasteiger partial charge in [0.15, 0.2) is 5.13 Å². The second-order valence-electron chi connectivity index (χ2n) is 2.92. The number of carbonyl (C=O) groups is 1. The van der Waals surface area contributed by atoms with Crippen molar-refractivity contribution in [2.75, 3.05) is 5.73 Å². The van der Waals surface area contributed by atoms with Crippen LogP contribution in [-0.4, -0.2) is 10.2 Å². The summed E-state index contributed by atoms with van der Waals surface area (Å²) in [6.45, 7) is 0. The molecule has 0 atom stereocenters. The van der Waals surface area contributed by atoms with E-state index in [-0.39, 0.29) is 5.57 Å². The summed E-state index contributed by atoms with van der Waals surface area (Å²) in [5, 5.41) is 1.46. The largest absolute Gasteiger partial charge is 0.465 e. The number of hydrogen-bond donors (Lipinski definition) is 1. The Morgan fingerprint density at radius 1 is 1.62 bits per heavy atom. The van der Waals surface area contributed by atoms with Crippen molar-refractivity contribution in [3.63, 3.8) is 0 Å². The Morgan fingerprint density at radius 3 is 2.94 bits per heavy atom. The molecule has 0 aromatic carbocycles. The molecule has 2 N–H and O–H groups in total. The Morgan fingerprint density at radius 2 is 2.44 bits per heavy atom. The van der Waals surface area contributed by atoms with Crippen molar-refractivity contribution in [3.05, 3.63) is 35.2 Å². The third kappa shape index (κ3) is 2.32. The predicted molar refractivity (Wildman–Crippen MR) is 64.0 cm³/mol. The summed E-state index contributed by atoms with van der Waals surface area (Å²) in [5.74, 6) is 0.538. The van der Waals surface area contributed by atoms with Crippen LogP contribution in [0.2, 0.25) is 0 Å². The maximum absolute atomic E-state index is 11.3. The van der Waals surface area contributed by atoms with Crippen molar-refractivity contribution >= 4 is 45.0 Å². The summed E-state index contributed by atoms with van der Waals surface area (Å²) in [5.41, 5.74) is 6.22. The van der Waals surface area contributed by atoms with E-state index in [1.807, 2.05) is 0 Å². The minimum Gasteiger partial charge on any atom is -0.465 e. The molecule has 0 bridgehead atoms. The highest BCUT2D eigenvalue weighted by Gasteiger charge is 2.13. The van der Waals surface area contributed by atoms with Gasteiger partial charge in [0, 0.05) is 5.38 Å². The van der Waals surface area contributed by atoms with Crippen molar-refractivity contribution in [2.24, 2.45) is 0 Å². The normalized spacial score (nSPS) is 11.7. The van der Waals surface area contributed by atoms with Gasteiger partial charge < -0.3 is 10.2 Å². The summed E-state index contributed by atoms with van der Waals surface area (Å²) in [4.78, 5) is 15.3. The average Bonchev–Trinajstić information content (AvgIpc) is 2.84. The van der Waals surface area contributed by atoms with Gasteiger partial charge in [0.1, 0.15) is 5.76 Å². The fourth-order valence-electron chi connectivity index (χ4n) is 1.16. The zero-order valence-corrected chi connectivity index (χ0v) is 9.59. The number of halogens is 1. The van der Waals surface area contributed by atoms with Gasteiger partial charge in [-0.3, -0.25) is 4.79 Å². The first-order valence-electron chi connectivity index (χ1n) is 4.33. The number of rotatable bonds is 3. The molecule has 0 aliphatic rings. The fourth-order valence-corrected chi connectivity index (χ4v) is 1.87. The number of aromatic nitrogens is 1. The molecular formula is C10H7ClN2O2S. The van der Waals surface area contributed by atoms with Crippen LogP contribution in [0.1, 0.15) is 11.5 Å². The first kappa shape index (κ1) is 10.9. The molecule has 2 rings (SSSR count). The molecule has 4 nitrogen and oxygen atoms in total. The molecule has 2 heterocycles. The molecule has 82 valence electrons. The third-order valence-corrected chi connectivity index (χ3v) is 2.72. The number of carbonyl (C=O) groups excluding carboxylic acids is 1. The number of thiazole rings is 1. The Labute approximate surface area is 100 Å². The van der Waals surface area contributed by atoms with E-state index in [0.717, 1.165) is 0 Å². The molecule has 2 aromatic rings. The minimum atomic E-state index is -0.596. The molecule has 0 radical (unpaired) electrons. The Bertz CT molecular complexity index is 531. The second-order valence-corrected chi connectivity index (χ2v) is 4.15. The number of furan rings is 1. The molecule has 2 aromatic heterocycles. The van der Waals surface area contributed by atoms with Crippen molar-refractivity contribution in [1.29, 1.82) is 0 Å². The standard InChI is InChI=1S/C10H7ClN2O2S/c11-9(14)7(4-6-2-1-3-15-6)8-5-16-10(12)13-8/h1-5H,(H2,12,13). The van der Waals surface area contributed by atoms with Crippen LogP contribution in [0, 0.1) is 0 Å². The molecule has 0 amide bonds. The zero-order valence-electron chi connectivity index (χ0n) is 8.01. The van der Waals surface area contributed by atoms with Gasteiger partial charge in [-0.05, 0) is 29.8 Å². The Kier molecular flexibility index (Phi) is 3.07. The molecule has 16 heavy (non-hydrogen) atoms. The lowest BCUT2D eigenvalue weighted by atomic mass is 10.2. The van der Waals surface area contributed by atoms with Gasteiger partial charge in [-0.15, -0.1) is 11.3 Å². The molecule has 0 aliphatic heterocycles. The third-order valence-electron chi connectivity index (χ3n) is 1.84. The van der Waals surface area contributed by atoms with Gasteiger partial charge in [0.25, 0.3) is 5.24 Å². The molecule has 0 fully saturated rings. The van der Waals surface area contributed by atoms with Gasteiger partial charge in [-0.2, -0.15) is 0 Å². The van der Waals surface area contributed by atoms with Crippen LogP contribution < -0.4 is 5.73 Å². The van der Waals surface area contributed by atoms with E-state index in [1.54, 1.807) is 17.5 Å². The number of anilines is 1. The average molecular weight is 255 g/mol. The van der Waals surface area contributed by atoms with E-state index in [1.165, 1.54) is 23.7 Å². The number of allylic oxidation sites excluding steroid dienone is 1. The van der Waals surface area contributed by atoms with Crippen LogP contribution in [0.5, 0.6) is 0 Å². The number of nitrogens with zero attached hydrogens (tertiary/aromatic N) is 1. The molecule has 0 saturated heterocycles. The van der Waals surface area contributed by atoms with Gasteiger partial charge >= 0.3 is 0 Å². The van der Waals surface area contributed by atoms with Crippen molar-refractivity contribution in [1.82, 2.24) is 4.98 Å². The molecule has 0 saturated carbocycles. The van der Waals surface area contributed by atoms with E-state index in [9.17, 15) is 4.79 Å². The summed E-state index contributed by atoms with van der Waals surface area (Å²) in [7, 11) is 0. The van der Waals surface area contributed by atoms with Crippen molar-refractivity contribution < 1.29 is 9.21 Å². The predicted octanol–water partition coefficient (Wildman–Crippen LogP) is 2.62. The number of hydrogen-bond acceptors (Lipinski definition) is 5. The summed E-state index contributed by atoms with van der Waals surface area (Å²) in [6.07, 6.45) is 3.04. The SMILES string of the molecule is Nc1nc(C(=Cc2ccco2)C(=O)Cl)cs1. The highest BCUT2D eigenvalue weighted by molar-refractivity contribution is 7.13. The maximum atomic E-state index is 11.3. The van der Waals surface area contributed by atoms with Crippen LogP contribution in [0.3, 0.4) is 0 Å². The summed E-state index contributed by atoms with van der Waals surface area (Å²) in [6, 6.07) is 3.44. The minimum absolute atomic E-state index is 0.268. The first-order chi connectivity index (χ1) is 7.66. The fraction of sp³-hybridized carbons (Fsp3) is 0. The molecule has 0 unspecified atom stereocenters.